The molecule has 0 bridgehead atoms. The first-order valence-electron chi connectivity index (χ1n) is 9.54. The lowest BCUT2D eigenvalue weighted by molar-refractivity contribution is -0.145. The van der Waals surface area contributed by atoms with Gasteiger partial charge in [0.15, 0.2) is 11.5 Å². The Bertz CT molecular complexity index is 927. The predicted molar refractivity (Wildman–Crippen MR) is 122 cm³/mol. The first-order valence-corrected chi connectivity index (χ1v) is 10.4. The van der Waals surface area contributed by atoms with Crippen molar-refractivity contribution in [2.45, 2.75) is 25.6 Å². The van der Waals surface area contributed by atoms with Crippen LogP contribution in [0, 0.1) is 5.82 Å². The number of nitrogens with one attached hydrogen (secondary N) is 1. The molecule has 0 radical (unpaired) electrons. The van der Waals surface area contributed by atoms with Crippen molar-refractivity contribution in [2.75, 3.05) is 33.2 Å². The Morgan fingerprint density at radius 1 is 1.26 bits per heavy atom. The fourth-order valence-electron chi connectivity index (χ4n) is 3.12. The van der Waals surface area contributed by atoms with E-state index in [1.807, 2.05) is 0 Å². The van der Waals surface area contributed by atoms with Gasteiger partial charge < -0.3 is 24.3 Å². The van der Waals surface area contributed by atoms with Crippen LogP contribution in [0.5, 0.6) is 11.5 Å². The van der Waals surface area contributed by atoms with Crippen LogP contribution in [0.3, 0.4) is 0 Å². The number of carbonyl (C=O) groups excluding carboxylic acids is 1. The Labute approximate surface area is 191 Å². The molecule has 0 fully saturated rings. The van der Waals surface area contributed by atoms with Crippen LogP contribution in [0.25, 0.3) is 0 Å². The highest BCUT2D eigenvalue weighted by molar-refractivity contribution is 7.79. The van der Waals surface area contributed by atoms with Crippen molar-refractivity contribution < 1.29 is 28.1 Å². The molecule has 0 unspecified atom stereocenters. The number of anilines is 1. The van der Waals surface area contributed by atoms with Gasteiger partial charge in [-0.25, -0.2) is 4.39 Å². The van der Waals surface area contributed by atoms with E-state index in [9.17, 15) is 9.18 Å². The van der Waals surface area contributed by atoms with Crippen molar-refractivity contribution in [1.82, 2.24) is 0 Å². The Kier molecular flexibility index (Phi) is 9.48. The Morgan fingerprint density at radius 2 is 2.00 bits per heavy atom. The van der Waals surface area contributed by atoms with Gasteiger partial charge in [-0.15, -0.1) is 0 Å². The van der Waals surface area contributed by atoms with E-state index in [4.69, 9.17) is 42.8 Å². The Morgan fingerprint density at radius 3 is 2.58 bits per heavy atom. The third-order valence-electron chi connectivity index (χ3n) is 4.50. The van der Waals surface area contributed by atoms with E-state index in [0.29, 0.717) is 28.3 Å². The Balaban J connectivity index is 2.63. The molecule has 2 atom stereocenters. The van der Waals surface area contributed by atoms with Crippen LogP contribution >= 0.6 is 23.8 Å². The summed E-state index contributed by atoms with van der Waals surface area (Å²) in [7, 11) is 4.68. The van der Waals surface area contributed by atoms with Gasteiger partial charge in [0.05, 0.1) is 38.4 Å². The number of ether oxygens (including phenoxy) is 4. The monoisotopic (exact) mass is 469 g/mol. The van der Waals surface area contributed by atoms with Crippen molar-refractivity contribution in [3.05, 3.63) is 52.3 Å². The van der Waals surface area contributed by atoms with Gasteiger partial charge >= 0.3 is 5.97 Å². The van der Waals surface area contributed by atoms with Crippen molar-refractivity contribution in [1.29, 1.82) is 0 Å². The van der Waals surface area contributed by atoms with E-state index >= 15 is 0 Å². The summed E-state index contributed by atoms with van der Waals surface area (Å²) in [6, 6.07) is 8.05. The standard InChI is InChI=1S/C22H25ClFNO5S/c1-5-29-20(26)9-13(12-31)30-21(14-7-6-8-19(27-3)22(14)28-4)15-10-16(23)17(24)11-18(15)25-2/h6-8,10-13,21,25H,5,9H2,1-4H3/t13-,21-/m1/s1. The molecule has 0 aliphatic rings. The van der Waals surface area contributed by atoms with Crippen LogP contribution in [-0.4, -0.2) is 45.3 Å². The summed E-state index contributed by atoms with van der Waals surface area (Å²) < 4.78 is 36.4. The Hall–Kier alpha value is -2.42. The second-order valence-corrected chi connectivity index (χ2v) is 7.07. The fourth-order valence-corrected chi connectivity index (χ4v) is 3.45. The molecule has 9 heteroatoms. The highest BCUT2D eigenvalue weighted by Gasteiger charge is 2.28. The van der Waals surface area contributed by atoms with E-state index in [1.54, 1.807) is 32.2 Å². The number of halogens is 2. The molecule has 1 N–H and O–H groups in total. The molecule has 0 saturated heterocycles. The van der Waals surface area contributed by atoms with Gasteiger partial charge in [-0.2, -0.15) is 0 Å². The van der Waals surface area contributed by atoms with Gasteiger partial charge in [-0.05, 0) is 25.1 Å². The highest BCUT2D eigenvalue weighted by atomic mass is 35.5. The molecule has 6 nitrogen and oxygen atoms in total. The largest absolute Gasteiger partial charge is 0.493 e. The average Bonchev–Trinajstić information content (AvgIpc) is 2.77. The second kappa shape index (κ2) is 11.8. The van der Waals surface area contributed by atoms with E-state index in [1.165, 1.54) is 31.7 Å². The van der Waals surface area contributed by atoms with Crippen LogP contribution in [-0.2, 0) is 14.3 Å². The third-order valence-corrected chi connectivity index (χ3v) is 5.09. The topological polar surface area (TPSA) is 66.0 Å². The zero-order valence-corrected chi connectivity index (χ0v) is 19.3. The lowest BCUT2D eigenvalue weighted by Crippen LogP contribution is -2.24. The molecular formula is C22H25ClFNO5S. The lowest BCUT2D eigenvalue weighted by Gasteiger charge is -2.27. The number of hydrogen-bond acceptors (Lipinski definition) is 7. The van der Waals surface area contributed by atoms with Crippen molar-refractivity contribution in [2.24, 2.45) is 0 Å². The minimum absolute atomic E-state index is 0.0752. The zero-order valence-electron chi connectivity index (χ0n) is 17.7. The first-order chi connectivity index (χ1) is 14.9. The summed E-state index contributed by atoms with van der Waals surface area (Å²) in [5, 5.41) is 4.23. The SMILES string of the molecule is CCOC(=O)C[C@H](C=S)O[C@@H](c1cc(Cl)c(F)cc1NC)c1cccc(OC)c1OC. The zero-order chi connectivity index (χ0) is 23.0. The third kappa shape index (κ3) is 6.06. The van der Waals surface area contributed by atoms with Gasteiger partial charge in [0.2, 0.25) is 0 Å². The minimum atomic E-state index is -0.816. The van der Waals surface area contributed by atoms with Crippen LogP contribution in [0.4, 0.5) is 10.1 Å². The van der Waals surface area contributed by atoms with Gasteiger partial charge in [0.25, 0.3) is 0 Å². The number of benzene rings is 2. The van der Waals surface area contributed by atoms with Crippen LogP contribution in [0.15, 0.2) is 30.3 Å². The minimum Gasteiger partial charge on any atom is -0.493 e. The summed E-state index contributed by atoms with van der Waals surface area (Å²) in [6.45, 7) is 1.96. The number of hydrogen-bond donors (Lipinski definition) is 1. The van der Waals surface area contributed by atoms with Crippen molar-refractivity contribution >= 4 is 40.8 Å². The van der Waals surface area contributed by atoms with Gasteiger partial charge in [-0.3, -0.25) is 4.79 Å². The molecule has 0 aliphatic carbocycles. The average molecular weight is 470 g/mol. The number of esters is 1. The van der Waals surface area contributed by atoms with E-state index in [-0.39, 0.29) is 18.1 Å². The maximum Gasteiger partial charge on any atom is 0.308 e. The number of carbonyl (C=O) groups is 1. The molecule has 0 saturated carbocycles. The summed E-state index contributed by atoms with van der Waals surface area (Å²) in [6.07, 6.45) is -1.66. The molecule has 168 valence electrons. The molecule has 0 aromatic heterocycles. The lowest BCUT2D eigenvalue weighted by atomic mass is 9.97. The quantitative estimate of drug-likeness (QED) is 0.368. The molecule has 31 heavy (non-hydrogen) atoms. The number of para-hydroxylation sites is 1. The summed E-state index contributed by atoms with van der Waals surface area (Å²) >= 11 is 11.2. The molecule has 0 amide bonds. The summed E-state index contributed by atoms with van der Waals surface area (Å²) in [4.78, 5) is 12.0. The second-order valence-electron chi connectivity index (χ2n) is 6.39. The maximum absolute atomic E-state index is 14.1. The molecule has 2 aromatic rings. The van der Waals surface area contributed by atoms with E-state index in [2.05, 4.69) is 5.32 Å². The molecule has 0 aliphatic heterocycles. The summed E-state index contributed by atoms with van der Waals surface area (Å²) in [5.41, 5.74) is 1.58. The maximum atomic E-state index is 14.1. The molecule has 2 rings (SSSR count). The first kappa shape index (κ1) is 24.8. The molecular weight excluding hydrogens is 445 g/mol. The molecule has 0 heterocycles. The summed E-state index contributed by atoms with van der Waals surface area (Å²) in [5.74, 6) is -0.117. The van der Waals surface area contributed by atoms with Gasteiger partial charge in [0, 0.05) is 29.2 Å². The van der Waals surface area contributed by atoms with Gasteiger partial charge in [-0.1, -0.05) is 36.0 Å². The predicted octanol–water partition coefficient (Wildman–Crippen LogP) is 4.97. The fraction of sp³-hybridized carbons (Fsp3) is 0.364. The smallest absolute Gasteiger partial charge is 0.308 e. The highest BCUT2D eigenvalue weighted by Crippen LogP contribution is 2.42. The van der Waals surface area contributed by atoms with Crippen molar-refractivity contribution in [3.63, 3.8) is 0 Å². The van der Waals surface area contributed by atoms with E-state index in [0.717, 1.165) is 0 Å². The van der Waals surface area contributed by atoms with Crippen LogP contribution < -0.4 is 14.8 Å². The molecule has 2 aromatic carbocycles. The number of rotatable bonds is 11. The van der Waals surface area contributed by atoms with Crippen LogP contribution in [0.2, 0.25) is 5.02 Å². The van der Waals surface area contributed by atoms with Crippen molar-refractivity contribution in [3.8, 4) is 11.5 Å². The van der Waals surface area contributed by atoms with Gasteiger partial charge in [0.1, 0.15) is 11.9 Å². The van der Waals surface area contributed by atoms with Crippen LogP contribution in [0.1, 0.15) is 30.6 Å². The van der Waals surface area contributed by atoms with E-state index < -0.39 is 24.0 Å². The molecule has 0 spiro atoms. The number of thiocarbonyl (C=S) groups is 1. The number of methoxy groups -OCH3 is 2. The normalized spacial score (nSPS) is 12.6.